The Labute approximate surface area is 263 Å². The molecule has 0 N–H and O–H groups in total. The molecule has 0 radical (unpaired) electrons. The Kier molecular flexibility index (Phi) is 17.3. The molecule has 0 saturated heterocycles. The van der Waals surface area contributed by atoms with Crippen molar-refractivity contribution in [3.05, 3.63) is 154 Å². The number of carbonyl (C=O) groups is 1. The molecule has 230 valence electrons. The summed E-state index contributed by atoms with van der Waals surface area (Å²) in [5, 5.41) is 0. The van der Waals surface area contributed by atoms with Crippen molar-refractivity contribution in [3.8, 4) is 0 Å². The van der Waals surface area contributed by atoms with E-state index < -0.39 is 0 Å². The van der Waals surface area contributed by atoms with Gasteiger partial charge in [-0.05, 0) is 78.7 Å². The maximum Gasteiger partial charge on any atom is 0.333 e. The zero-order valence-corrected chi connectivity index (χ0v) is 28.3. The van der Waals surface area contributed by atoms with Crippen molar-refractivity contribution in [2.24, 2.45) is 5.41 Å². The van der Waals surface area contributed by atoms with Crippen LogP contribution in [0.3, 0.4) is 0 Å². The summed E-state index contributed by atoms with van der Waals surface area (Å²) in [4.78, 5) is 11.4. The minimum Gasteiger partial charge on any atom is -0.466 e. The maximum atomic E-state index is 11.4. The first-order chi connectivity index (χ1) is 20.4. The van der Waals surface area contributed by atoms with Gasteiger partial charge in [-0.1, -0.05) is 157 Å². The molecule has 43 heavy (non-hydrogen) atoms. The van der Waals surface area contributed by atoms with Crippen LogP contribution in [0.15, 0.2) is 154 Å². The van der Waals surface area contributed by atoms with Crippen molar-refractivity contribution in [2.45, 2.75) is 81.6 Å². The second kappa shape index (κ2) is 20.1. The quantitative estimate of drug-likeness (QED) is 0.123. The van der Waals surface area contributed by atoms with Crippen molar-refractivity contribution in [1.82, 2.24) is 0 Å². The van der Waals surface area contributed by atoms with Crippen LogP contribution >= 0.6 is 0 Å². The van der Waals surface area contributed by atoms with Gasteiger partial charge in [0.25, 0.3) is 0 Å². The van der Waals surface area contributed by atoms with Gasteiger partial charge >= 0.3 is 5.97 Å². The highest BCUT2D eigenvalue weighted by molar-refractivity contribution is 5.87. The normalized spacial score (nSPS) is 18.7. The Bertz CT molecular complexity index is 1350. The molecule has 0 bridgehead atoms. The molecule has 0 aromatic rings. The molecule has 0 fully saturated rings. The number of allylic oxidation sites excluding steroid dienone is 25. The highest BCUT2D eigenvalue weighted by Crippen LogP contribution is 2.40. The predicted molar refractivity (Wildman–Crippen MR) is 190 cm³/mol. The molecule has 0 unspecified atom stereocenters. The second-order valence-corrected chi connectivity index (χ2v) is 12.0. The first kappa shape index (κ1) is 37.1. The summed E-state index contributed by atoms with van der Waals surface area (Å²) in [7, 11) is 1.38. The molecule has 0 amide bonds. The molecule has 0 aromatic heterocycles. The van der Waals surface area contributed by atoms with Crippen LogP contribution in [-0.2, 0) is 9.53 Å². The van der Waals surface area contributed by atoms with E-state index in [-0.39, 0.29) is 11.4 Å². The summed E-state index contributed by atoms with van der Waals surface area (Å²) in [5.41, 5.74) is 9.77. The van der Waals surface area contributed by atoms with E-state index in [0.717, 1.165) is 11.1 Å². The fraction of sp³-hybridized carbons (Fsp3) is 0.341. The first-order valence-electron chi connectivity index (χ1n) is 15.2. The van der Waals surface area contributed by atoms with E-state index >= 15 is 0 Å². The van der Waals surface area contributed by atoms with Gasteiger partial charge in [0, 0.05) is 5.57 Å². The number of hydrogen-bond acceptors (Lipinski definition) is 2. The van der Waals surface area contributed by atoms with E-state index in [2.05, 4.69) is 132 Å². The topological polar surface area (TPSA) is 26.3 Å². The second-order valence-electron chi connectivity index (χ2n) is 12.0. The van der Waals surface area contributed by atoms with Crippen molar-refractivity contribution >= 4 is 5.97 Å². The molecule has 0 aromatic carbocycles. The molecule has 1 rings (SSSR count). The van der Waals surface area contributed by atoms with Crippen LogP contribution in [0.2, 0.25) is 0 Å². The van der Waals surface area contributed by atoms with Gasteiger partial charge in [-0.25, -0.2) is 4.79 Å². The van der Waals surface area contributed by atoms with Gasteiger partial charge in [-0.3, -0.25) is 0 Å². The van der Waals surface area contributed by atoms with Gasteiger partial charge in [0.05, 0.1) is 7.11 Å². The largest absolute Gasteiger partial charge is 0.466 e. The van der Waals surface area contributed by atoms with E-state index in [0.29, 0.717) is 5.57 Å². The third-order valence-electron chi connectivity index (χ3n) is 7.25. The first-order valence-corrected chi connectivity index (χ1v) is 15.2. The minimum atomic E-state index is -0.314. The lowest BCUT2D eigenvalue weighted by molar-refractivity contribution is -0.136. The van der Waals surface area contributed by atoms with Crippen molar-refractivity contribution in [3.63, 3.8) is 0 Å². The molecule has 0 saturated carbocycles. The maximum absolute atomic E-state index is 11.4. The van der Waals surface area contributed by atoms with Crippen molar-refractivity contribution in [1.29, 1.82) is 0 Å². The van der Waals surface area contributed by atoms with Crippen LogP contribution in [0.1, 0.15) is 81.6 Å². The minimum absolute atomic E-state index is 0.277. The molecular formula is C41H54O2. The summed E-state index contributed by atoms with van der Waals surface area (Å²) in [6, 6.07) is 0. The number of hydrogen-bond donors (Lipinski definition) is 0. The average molecular weight is 579 g/mol. The number of carbonyl (C=O) groups excluding carboxylic acids is 1. The summed E-state index contributed by atoms with van der Waals surface area (Å²) in [6.45, 7) is 19.2. The Morgan fingerprint density at radius 3 is 1.44 bits per heavy atom. The molecule has 2 heteroatoms. The molecule has 2 nitrogen and oxygen atoms in total. The number of rotatable bonds is 13. The van der Waals surface area contributed by atoms with Crippen LogP contribution in [0.5, 0.6) is 0 Å². The molecule has 0 aliphatic heterocycles. The Morgan fingerprint density at radius 2 is 1.02 bits per heavy atom. The highest BCUT2D eigenvalue weighted by atomic mass is 16.5. The Hall–Kier alpha value is -3.91. The smallest absolute Gasteiger partial charge is 0.333 e. The van der Waals surface area contributed by atoms with Gasteiger partial charge in [0.2, 0.25) is 0 Å². The van der Waals surface area contributed by atoms with Crippen LogP contribution < -0.4 is 0 Å². The van der Waals surface area contributed by atoms with Crippen LogP contribution in [0, 0.1) is 5.41 Å². The van der Waals surface area contributed by atoms with Crippen LogP contribution in [0.4, 0.5) is 0 Å². The zero-order chi connectivity index (χ0) is 32.3. The van der Waals surface area contributed by atoms with Gasteiger partial charge in [0.15, 0.2) is 0 Å². The van der Waals surface area contributed by atoms with E-state index in [1.54, 1.807) is 13.0 Å². The van der Waals surface area contributed by atoms with E-state index in [4.69, 9.17) is 0 Å². The SMILES string of the molecule is COC(=O)C(C)=CC=CC(C)=CC=CC(C)=CC=CC(C)=CC=CC=C(C)C=CC=C(C)C=CC1=C(C)CCCC1(C)C. The molecule has 0 atom stereocenters. The van der Waals surface area contributed by atoms with Gasteiger partial charge in [0.1, 0.15) is 0 Å². The standard InChI is InChI=1S/C41H54O2/c1-32(20-13-22-34(3)23-14-24-35(4)26-16-27-38(7)40(42)43-10)18-11-12-19-33(2)21-15-25-36(5)29-30-39-37(6)28-17-31-41(39,8)9/h11-16,18-27,29-30H,17,28,31H2,1-10H3. The van der Waals surface area contributed by atoms with Gasteiger partial charge < -0.3 is 4.74 Å². The average Bonchev–Trinajstić information content (AvgIpc) is 2.94. The fourth-order valence-electron chi connectivity index (χ4n) is 4.55. The number of methoxy groups -OCH3 is 1. The zero-order valence-electron chi connectivity index (χ0n) is 28.3. The monoisotopic (exact) mass is 578 g/mol. The number of esters is 1. The summed E-state index contributed by atoms with van der Waals surface area (Å²) < 4.78 is 4.69. The lowest BCUT2D eigenvalue weighted by Gasteiger charge is -2.32. The van der Waals surface area contributed by atoms with Crippen molar-refractivity contribution < 1.29 is 9.53 Å². The van der Waals surface area contributed by atoms with Gasteiger partial charge in [-0.2, -0.15) is 0 Å². The summed E-state index contributed by atoms with van der Waals surface area (Å²) in [6.07, 6.45) is 41.1. The molecule has 0 spiro atoms. The molecule has 0 heterocycles. The van der Waals surface area contributed by atoms with Crippen LogP contribution in [-0.4, -0.2) is 13.1 Å². The van der Waals surface area contributed by atoms with Gasteiger partial charge in [-0.15, -0.1) is 0 Å². The highest BCUT2D eigenvalue weighted by Gasteiger charge is 2.26. The van der Waals surface area contributed by atoms with E-state index in [1.807, 2.05) is 31.2 Å². The Balaban J connectivity index is 2.61. The Morgan fingerprint density at radius 1 is 0.628 bits per heavy atom. The molecular weight excluding hydrogens is 524 g/mol. The van der Waals surface area contributed by atoms with Crippen molar-refractivity contribution in [2.75, 3.05) is 7.11 Å². The molecule has 1 aliphatic rings. The third kappa shape index (κ3) is 16.3. The number of ether oxygens (including phenoxy) is 1. The van der Waals surface area contributed by atoms with E-state index in [1.165, 1.54) is 54.2 Å². The summed E-state index contributed by atoms with van der Waals surface area (Å²) in [5.74, 6) is -0.314. The summed E-state index contributed by atoms with van der Waals surface area (Å²) >= 11 is 0. The molecule has 1 aliphatic carbocycles. The fourth-order valence-corrected chi connectivity index (χ4v) is 4.55. The lowest BCUT2D eigenvalue weighted by atomic mass is 9.72. The predicted octanol–water partition coefficient (Wildman–Crippen LogP) is 11.7. The third-order valence-corrected chi connectivity index (χ3v) is 7.25. The van der Waals surface area contributed by atoms with E-state index in [9.17, 15) is 4.79 Å². The van der Waals surface area contributed by atoms with Crippen LogP contribution in [0.25, 0.3) is 0 Å². The lowest BCUT2D eigenvalue weighted by Crippen LogP contribution is -2.19.